The standard InChI is InChI=1S/C16H15NO/c1-5-13-8-11-16(17(3)12(13)2)14-6-9-15(18-4)10-7-14/h1,6-11H,2H2,3-4H3. The van der Waals surface area contributed by atoms with Crippen LogP contribution in [-0.2, 0) is 0 Å². The summed E-state index contributed by atoms with van der Waals surface area (Å²) in [6.45, 7) is 4.01. The lowest BCUT2D eigenvalue weighted by atomic mass is 10.0. The first-order valence-electron chi connectivity index (χ1n) is 5.63. The Kier molecular flexibility index (Phi) is 3.25. The molecule has 18 heavy (non-hydrogen) atoms. The van der Waals surface area contributed by atoms with Gasteiger partial charge < -0.3 is 9.64 Å². The highest BCUT2D eigenvalue weighted by Gasteiger charge is 2.16. The predicted molar refractivity (Wildman–Crippen MR) is 74.8 cm³/mol. The Bertz CT molecular complexity index is 570. The van der Waals surface area contributed by atoms with Gasteiger partial charge in [-0.1, -0.05) is 12.5 Å². The van der Waals surface area contributed by atoms with Gasteiger partial charge in [-0.15, -0.1) is 6.42 Å². The lowest BCUT2D eigenvalue weighted by molar-refractivity contribution is 0.414. The van der Waals surface area contributed by atoms with Crippen molar-refractivity contribution in [1.82, 2.24) is 4.90 Å². The Labute approximate surface area is 108 Å². The molecule has 0 saturated heterocycles. The largest absolute Gasteiger partial charge is 0.497 e. The second-order valence-corrected chi connectivity index (χ2v) is 4.01. The molecule has 2 rings (SSSR count). The minimum Gasteiger partial charge on any atom is -0.497 e. The molecule has 0 amide bonds. The van der Waals surface area contributed by atoms with Crippen molar-refractivity contribution < 1.29 is 4.74 Å². The first kappa shape index (κ1) is 12.1. The molecule has 1 aromatic carbocycles. The molecule has 0 bridgehead atoms. The minimum atomic E-state index is 0.815. The van der Waals surface area contributed by atoms with E-state index in [1.165, 1.54) is 0 Å². The number of hydrogen-bond acceptors (Lipinski definition) is 2. The number of rotatable bonds is 2. The summed E-state index contributed by atoms with van der Waals surface area (Å²) < 4.78 is 5.15. The van der Waals surface area contributed by atoms with Gasteiger partial charge in [0.2, 0.25) is 0 Å². The van der Waals surface area contributed by atoms with Crippen molar-refractivity contribution in [2.45, 2.75) is 0 Å². The number of hydrogen-bond donors (Lipinski definition) is 0. The highest BCUT2D eigenvalue weighted by molar-refractivity contribution is 5.72. The molecule has 0 aromatic heterocycles. The van der Waals surface area contributed by atoms with Crippen LogP contribution in [0.3, 0.4) is 0 Å². The Balaban J connectivity index is 2.39. The molecular weight excluding hydrogens is 222 g/mol. The first-order valence-corrected chi connectivity index (χ1v) is 5.63. The van der Waals surface area contributed by atoms with Gasteiger partial charge in [0.25, 0.3) is 0 Å². The van der Waals surface area contributed by atoms with Crippen molar-refractivity contribution in [3.63, 3.8) is 0 Å². The van der Waals surface area contributed by atoms with Crippen molar-refractivity contribution in [2.75, 3.05) is 14.2 Å². The van der Waals surface area contributed by atoms with Crippen molar-refractivity contribution >= 4 is 5.70 Å². The molecule has 0 unspecified atom stereocenters. The molecule has 2 nitrogen and oxygen atoms in total. The summed E-state index contributed by atoms with van der Waals surface area (Å²) in [4.78, 5) is 2.00. The zero-order valence-electron chi connectivity index (χ0n) is 10.6. The van der Waals surface area contributed by atoms with Gasteiger partial charge in [-0.05, 0) is 42.0 Å². The quantitative estimate of drug-likeness (QED) is 0.733. The van der Waals surface area contributed by atoms with Crippen LogP contribution in [0.1, 0.15) is 5.56 Å². The predicted octanol–water partition coefficient (Wildman–Crippen LogP) is 3.05. The first-order chi connectivity index (χ1) is 8.67. The Hall–Kier alpha value is -2.40. The van der Waals surface area contributed by atoms with Crippen LogP contribution in [0.5, 0.6) is 5.75 Å². The number of terminal acetylenes is 1. The fourth-order valence-corrected chi connectivity index (χ4v) is 1.88. The summed E-state index contributed by atoms with van der Waals surface area (Å²) in [5, 5.41) is 0. The van der Waals surface area contributed by atoms with E-state index in [-0.39, 0.29) is 0 Å². The van der Waals surface area contributed by atoms with Gasteiger partial charge in [-0.25, -0.2) is 0 Å². The molecule has 1 aliphatic heterocycles. The zero-order valence-corrected chi connectivity index (χ0v) is 10.6. The van der Waals surface area contributed by atoms with Gasteiger partial charge in [-0.2, -0.15) is 0 Å². The number of allylic oxidation sites excluding steroid dienone is 3. The van der Waals surface area contributed by atoms with Crippen LogP contribution >= 0.6 is 0 Å². The second-order valence-electron chi connectivity index (χ2n) is 4.01. The molecule has 0 spiro atoms. The third-order valence-corrected chi connectivity index (χ3v) is 3.03. The maximum Gasteiger partial charge on any atom is 0.118 e. The fraction of sp³-hybridized carbons (Fsp3) is 0.125. The van der Waals surface area contributed by atoms with Gasteiger partial charge >= 0.3 is 0 Å². The van der Waals surface area contributed by atoms with Crippen LogP contribution in [0.2, 0.25) is 0 Å². The number of nitrogens with zero attached hydrogens (tertiary/aromatic N) is 1. The normalized spacial score (nSPS) is 14.7. The number of benzene rings is 1. The van der Waals surface area contributed by atoms with E-state index >= 15 is 0 Å². The summed E-state index contributed by atoms with van der Waals surface area (Å²) in [5.74, 6) is 3.47. The molecule has 0 atom stereocenters. The van der Waals surface area contributed by atoms with Crippen molar-refractivity contribution in [2.24, 2.45) is 0 Å². The van der Waals surface area contributed by atoms with E-state index in [1.807, 2.05) is 48.4 Å². The van der Waals surface area contributed by atoms with Crippen LogP contribution < -0.4 is 4.74 Å². The monoisotopic (exact) mass is 237 g/mol. The molecule has 0 saturated carbocycles. The summed E-state index contributed by atoms with van der Waals surface area (Å²) in [7, 11) is 3.62. The number of methoxy groups -OCH3 is 1. The van der Waals surface area contributed by atoms with Gasteiger partial charge in [0, 0.05) is 24.0 Å². The highest BCUT2D eigenvalue weighted by Crippen LogP contribution is 2.29. The lowest BCUT2D eigenvalue weighted by Gasteiger charge is -2.28. The Morgan fingerprint density at radius 1 is 1.22 bits per heavy atom. The van der Waals surface area contributed by atoms with Gasteiger partial charge in [0.1, 0.15) is 5.75 Å². The van der Waals surface area contributed by atoms with E-state index < -0.39 is 0 Å². The number of ether oxygens (including phenoxy) is 1. The summed E-state index contributed by atoms with van der Waals surface area (Å²) in [5.41, 5.74) is 3.83. The molecule has 1 heterocycles. The van der Waals surface area contributed by atoms with E-state index in [1.54, 1.807) is 7.11 Å². The van der Waals surface area contributed by atoms with E-state index in [0.29, 0.717) is 0 Å². The average Bonchev–Trinajstić information content (AvgIpc) is 2.42. The average molecular weight is 237 g/mol. The summed E-state index contributed by atoms with van der Waals surface area (Å²) in [6.07, 6.45) is 9.35. The summed E-state index contributed by atoms with van der Waals surface area (Å²) in [6, 6.07) is 7.91. The van der Waals surface area contributed by atoms with Crippen molar-refractivity contribution in [3.05, 3.63) is 59.8 Å². The molecule has 90 valence electrons. The molecule has 0 aliphatic carbocycles. The van der Waals surface area contributed by atoms with E-state index in [0.717, 1.165) is 28.3 Å². The third kappa shape index (κ3) is 2.03. The molecule has 0 N–H and O–H groups in total. The number of likely N-dealkylation sites (N-methyl/N-ethyl adjacent to an activating group) is 1. The topological polar surface area (TPSA) is 12.5 Å². The third-order valence-electron chi connectivity index (χ3n) is 3.03. The Morgan fingerprint density at radius 3 is 2.44 bits per heavy atom. The molecule has 1 aliphatic rings. The van der Waals surface area contributed by atoms with Gasteiger partial charge in [-0.3, -0.25) is 0 Å². The minimum absolute atomic E-state index is 0.815. The second kappa shape index (κ2) is 4.85. The van der Waals surface area contributed by atoms with E-state index in [9.17, 15) is 0 Å². The van der Waals surface area contributed by atoms with Crippen molar-refractivity contribution in [3.8, 4) is 18.1 Å². The van der Waals surface area contributed by atoms with E-state index in [2.05, 4.69) is 12.5 Å². The van der Waals surface area contributed by atoms with Crippen LogP contribution in [0, 0.1) is 12.3 Å². The van der Waals surface area contributed by atoms with Crippen molar-refractivity contribution in [1.29, 1.82) is 0 Å². The lowest BCUT2D eigenvalue weighted by Crippen LogP contribution is -2.19. The van der Waals surface area contributed by atoms with Gasteiger partial charge in [0.15, 0.2) is 0 Å². The van der Waals surface area contributed by atoms with Crippen LogP contribution in [0.25, 0.3) is 5.70 Å². The van der Waals surface area contributed by atoms with Crippen LogP contribution in [0.4, 0.5) is 0 Å². The molecule has 0 radical (unpaired) electrons. The Morgan fingerprint density at radius 2 is 1.89 bits per heavy atom. The fourth-order valence-electron chi connectivity index (χ4n) is 1.88. The molecule has 0 fully saturated rings. The molecule has 1 aromatic rings. The van der Waals surface area contributed by atoms with Gasteiger partial charge in [0.05, 0.1) is 7.11 Å². The molecule has 2 heteroatoms. The van der Waals surface area contributed by atoms with Crippen LogP contribution in [0.15, 0.2) is 54.3 Å². The van der Waals surface area contributed by atoms with Crippen LogP contribution in [-0.4, -0.2) is 19.1 Å². The SMILES string of the molecule is C#CC1=CC=C(c2ccc(OC)cc2)N(C)C1=C. The summed E-state index contributed by atoms with van der Waals surface area (Å²) >= 11 is 0. The highest BCUT2D eigenvalue weighted by atomic mass is 16.5. The maximum absolute atomic E-state index is 5.43. The van der Waals surface area contributed by atoms with E-state index in [4.69, 9.17) is 11.2 Å². The smallest absolute Gasteiger partial charge is 0.118 e. The molecular formula is C16H15NO. The zero-order chi connectivity index (χ0) is 13.1. The maximum atomic E-state index is 5.43.